The number of nitrogens with zero attached hydrogens (tertiary/aromatic N) is 1. The summed E-state index contributed by atoms with van der Waals surface area (Å²) in [7, 11) is 0. The van der Waals surface area contributed by atoms with Gasteiger partial charge in [0, 0.05) is 25.4 Å². The van der Waals surface area contributed by atoms with Crippen molar-refractivity contribution in [1.82, 2.24) is 4.90 Å². The van der Waals surface area contributed by atoms with Gasteiger partial charge in [0.15, 0.2) is 0 Å². The van der Waals surface area contributed by atoms with E-state index in [1.807, 2.05) is 4.90 Å². The number of carbonyl (C=O) groups excluding carboxylic acids is 1. The molecule has 1 saturated heterocycles. The SMILES string of the molecule is O=[C]C=CN1CCOCC1. The Morgan fingerprint density at radius 3 is 2.70 bits per heavy atom. The van der Waals surface area contributed by atoms with Gasteiger partial charge in [0.25, 0.3) is 0 Å². The molecule has 3 nitrogen and oxygen atoms in total. The second-order valence-electron chi connectivity index (χ2n) is 2.08. The van der Waals surface area contributed by atoms with Crippen molar-refractivity contribution < 1.29 is 9.53 Å². The van der Waals surface area contributed by atoms with Gasteiger partial charge >= 0.3 is 0 Å². The Kier molecular flexibility index (Phi) is 2.96. The van der Waals surface area contributed by atoms with E-state index in [4.69, 9.17) is 4.74 Å². The summed E-state index contributed by atoms with van der Waals surface area (Å²) in [6.07, 6.45) is 4.83. The molecule has 1 heterocycles. The summed E-state index contributed by atoms with van der Waals surface area (Å²) in [6.45, 7) is 3.25. The third kappa shape index (κ3) is 2.19. The van der Waals surface area contributed by atoms with Crippen molar-refractivity contribution in [3.05, 3.63) is 12.3 Å². The number of hydrogen-bond donors (Lipinski definition) is 0. The Morgan fingerprint density at radius 1 is 1.40 bits per heavy atom. The minimum atomic E-state index is 0.753. The predicted octanol–water partition coefficient (Wildman–Crippen LogP) is -0.0580. The first kappa shape index (κ1) is 7.28. The molecule has 1 aliphatic rings. The first-order valence-electron chi connectivity index (χ1n) is 3.29. The van der Waals surface area contributed by atoms with Crippen molar-refractivity contribution in [2.24, 2.45) is 0 Å². The third-order valence-corrected chi connectivity index (χ3v) is 1.40. The molecule has 1 fully saturated rings. The van der Waals surface area contributed by atoms with Crippen LogP contribution in [0.3, 0.4) is 0 Å². The Balaban J connectivity index is 2.25. The number of hydrogen-bond acceptors (Lipinski definition) is 3. The van der Waals surface area contributed by atoms with Gasteiger partial charge in [-0.3, -0.25) is 4.79 Å². The van der Waals surface area contributed by atoms with E-state index >= 15 is 0 Å². The minimum Gasteiger partial charge on any atom is -0.378 e. The zero-order chi connectivity index (χ0) is 7.23. The molecule has 0 unspecified atom stereocenters. The summed E-state index contributed by atoms with van der Waals surface area (Å²) in [5.41, 5.74) is 0. The van der Waals surface area contributed by atoms with E-state index in [0.717, 1.165) is 26.3 Å². The van der Waals surface area contributed by atoms with Crippen LogP contribution in [0, 0.1) is 0 Å². The van der Waals surface area contributed by atoms with Crippen molar-refractivity contribution >= 4 is 6.29 Å². The Morgan fingerprint density at radius 2 is 2.10 bits per heavy atom. The molecule has 55 valence electrons. The lowest BCUT2D eigenvalue weighted by Crippen LogP contribution is -2.31. The first-order valence-corrected chi connectivity index (χ1v) is 3.29. The quantitative estimate of drug-likeness (QED) is 0.503. The fraction of sp³-hybridized carbons (Fsp3) is 0.571. The average molecular weight is 140 g/mol. The fourth-order valence-corrected chi connectivity index (χ4v) is 0.862. The van der Waals surface area contributed by atoms with Crippen LogP contribution in [0.5, 0.6) is 0 Å². The Bertz CT molecular complexity index is 128. The molecule has 1 rings (SSSR count). The summed E-state index contributed by atoms with van der Waals surface area (Å²) in [4.78, 5) is 11.8. The van der Waals surface area contributed by atoms with Crippen LogP contribution in [0.25, 0.3) is 0 Å². The maximum atomic E-state index is 9.78. The zero-order valence-corrected chi connectivity index (χ0v) is 5.75. The summed E-state index contributed by atoms with van der Waals surface area (Å²) in [5.74, 6) is 0. The number of morpholine rings is 1. The molecule has 10 heavy (non-hydrogen) atoms. The molecule has 0 saturated carbocycles. The van der Waals surface area contributed by atoms with Gasteiger partial charge in [-0.15, -0.1) is 0 Å². The van der Waals surface area contributed by atoms with Gasteiger partial charge in [0.2, 0.25) is 6.29 Å². The highest BCUT2D eigenvalue weighted by atomic mass is 16.5. The van der Waals surface area contributed by atoms with E-state index < -0.39 is 0 Å². The van der Waals surface area contributed by atoms with E-state index in [1.165, 1.54) is 6.08 Å². The number of rotatable bonds is 2. The molecular weight excluding hydrogens is 130 g/mol. The highest BCUT2D eigenvalue weighted by molar-refractivity contribution is 5.65. The monoisotopic (exact) mass is 140 g/mol. The second kappa shape index (κ2) is 4.06. The Hall–Kier alpha value is -0.830. The average Bonchev–Trinajstić information content (AvgIpc) is 2.03. The smallest absolute Gasteiger partial charge is 0.227 e. The largest absolute Gasteiger partial charge is 0.378 e. The van der Waals surface area contributed by atoms with Crippen LogP contribution >= 0.6 is 0 Å². The van der Waals surface area contributed by atoms with Crippen LogP contribution in [0.1, 0.15) is 0 Å². The summed E-state index contributed by atoms with van der Waals surface area (Å²) in [6, 6.07) is 0. The highest BCUT2D eigenvalue weighted by Crippen LogP contribution is 1.95. The lowest BCUT2D eigenvalue weighted by Gasteiger charge is -2.24. The highest BCUT2D eigenvalue weighted by Gasteiger charge is 2.04. The molecule has 0 aromatic heterocycles. The molecule has 1 aliphatic heterocycles. The maximum Gasteiger partial charge on any atom is 0.227 e. The summed E-state index contributed by atoms with van der Waals surface area (Å²) >= 11 is 0. The van der Waals surface area contributed by atoms with Crippen LogP contribution in [0.2, 0.25) is 0 Å². The molecule has 0 amide bonds. The second-order valence-corrected chi connectivity index (χ2v) is 2.08. The molecule has 0 N–H and O–H groups in total. The van der Waals surface area contributed by atoms with Crippen molar-refractivity contribution in [1.29, 1.82) is 0 Å². The van der Waals surface area contributed by atoms with E-state index in [-0.39, 0.29) is 0 Å². The predicted molar refractivity (Wildman–Crippen MR) is 37.2 cm³/mol. The van der Waals surface area contributed by atoms with Crippen LogP contribution in [0.15, 0.2) is 12.3 Å². The first-order chi connectivity index (χ1) is 4.93. The van der Waals surface area contributed by atoms with Crippen LogP contribution in [-0.2, 0) is 9.53 Å². The normalized spacial score (nSPS) is 19.8. The molecule has 0 bridgehead atoms. The molecule has 0 aromatic carbocycles. The molecular formula is C7H10NO2. The molecule has 1 radical (unpaired) electrons. The van der Waals surface area contributed by atoms with Gasteiger partial charge < -0.3 is 9.64 Å². The Labute approximate surface area is 60.3 Å². The molecule has 0 atom stereocenters. The third-order valence-electron chi connectivity index (χ3n) is 1.40. The molecule has 0 spiro atoms. The molecule has 0 aliphatic carbocycles. The van der Waals surface area contributed by atoms with Crippen molar-refractivity contribution in [3.63, 3.8) is 0 Å². The van der Waals surface area contributed by atoms with Crippen molar-refractivity contribution in [3.8, 4) is 0 Å². The van der Waals surface area contributed by atoms with Gasteiger partial charge in [-0.05, 0) is 0 Å². The number of ether oxygens (including phenoxy) is 1. The zero-order valence-electron chi connectivity index (χ0n) is 5.75. The van der Waals surface area contributed by atoms with Gasteiger partial charge in [-0.2, -0.15) is 0 Å². The fourth-order valence-electron chi connectivity index (χ4n) is 0.862. The van der Waals surface area contributed by atoms with Gasteiger partial charge in [0.05, 0.1) is 13.2 Å². The standard InChI is InChI=1S/C7H10NO2/c9-5-1-2-8-3-6-10-7-4-8/h1-2H,3-4,6-7H2. The van der Waals surface area contributed by atoms with E-state index in [0.29, 0.717) is 0 Å². The lowest BCUT2D eigenvalue weighted by atomic mass is 10.4. The maximum absolute atomic E-state index is 9.78. The van der Waals surface area contributed by atoms with Crippen LogP contribution in [0.4, 0.5) is 0 Å². The molecule has 3 heteroatoms. The van der Waals surface area contributed by atoms with Crippen molar-refractivity contribution in [2.45, 2.75) is 0 Å². The van der Waals surface area contributed by atoms with Crippen LogP contribution in [-0.4, -0.2) is 37.5 Å². The van der Waals surface area contributed by atoms with E-state index in [1.54, 1.807) is 12.5 Å². The van der Waals surface area contributed by atoms with Gasteiger partial charge in [0.1, 0.15) is 0 Å². The van der Waals surface area contributed by atoms with Crippen molar-refractivity contribution in [2.75, 3.05) is 26.3 Å². The summed E-state index contributed by atoms with van der Waals surface area (Å²) in [5, 5.41) is 0. The topological polar surface area (TPSA) is 29.5 Å². The van der Waals surface area contributed by atoms with Gasteiger partial charge in [-0.1, -0.05) is 0 Å². The van der Waals surface area contributed by atoms with Gasteiger partial charge in [-0.25, -0.2) is 0 Å². The van der Waals surface area contributed by atoms with E-state index in [9.17, 15) is 4.79 Å². The molecule has 0 aromatic rings. The van der Waals surface area contributed by atoms with Crippen LogP contribution < -0.4 is 0 Å². The van der Waals surface area contributed by atoms with E-state index in [2.05, 4.69) is 0 Å². The lowest BCUT2D eigenvalue weighted by molar-refractivity contribution is 0.0594. The number of allylic oxidation sites excluding steroid dienone is 1. The minimum absolute atomic E-state index is 0.753. The summed E-state index contributed by atoms with van der Waals surface area (Å²) < 4.78 is 5.11.